The molecule has 1 heterocycles. The average Bonchev–Trinajstić information content (AvgIpc) is 3.34. The van der Waals surface area contributed by atoms with Crippen LogP contribution in [-0.2, 0) is 0 Å². The molecule has 0 amide bonds. The third kappa shape index (κ3) is 3.52. The van der Waals surface area contributed by atoms with Crippen LogP contribution < -0.4 is 4.74 Å². The number of rotatable bonds is 4. The molecule has 2 nitrogen and oxygen atoms in total. The van der Waals surface area contributed by atoms with Crippen molar-refractivity contribution in [3.05, 3.63) is 47.4 Å². The predicted molar refractivity (Wildman–Crippen MR) is 82.5 cm³/mol. The van der Waals surface area contributed by atoms with Crippen LogP contribution in [0.4, 0.5) is 17.6 Å². The first-order valence-electron chi connectivity index (χ1n) is 7.75. The molecular weight excluding hydrogens is 322 g/mol. The zero-order valence-corrected chi connectivity index (χ0v) is 13.3. The van der Waals surface area contributed by atoms with Crippen LogP contribution in [0.5, 0.6) is 5.75 Å². The topological polar surface area (TPSA) is 22.1 Å². The van der Waals surface area contributed by atoms with Crippen LogP contribution in [0.3, 0.4) is 0 Å². The molecule has 1 aromatic carbocycles. The maximum absolute atomic E-state index is 14.2. The standard InChI is InChI=1S/C18H17F4NO/c1-10-7-15(19)14(8-17(10)24-11(2)18(20,21)22)16-6-5-13(9-23-16)12-3-4-12/h5-9,11-12H,3-4H2,1-2H3/t11-/m0/s1. The number of hydrogen-bond donors (Lipinski definition) is 0. The van der Waals surface area contributed by atoms with E-state index in [0.717, 1.165) is 25.3 Å². The first-order valence-corrected chi connectivity index (χ1v) is 7.75. The van der Waals surface area contributed by atoms with Crippen LogP contribution in [0, 0.1) is 12.7 Å². The summed E-state index contributed by atoms with van der Waals surface area (Å²) in [6.07, 6.45) is -2.49. The van der Waals surface area contributed by atoms with Gasteiger partial charge in [-0.1, -0.05) is 6.07 Å². The number of aryl methyl sites for hydroxylation is 1. The van der Waals surface area contributed by atoms with Gasteiger partial charge in [0.15, 0.2) is 6.10 Å². The number of hydrogen-bond acceptors (Lipinski definition) is 2. The number of benzene rings is 1. The maximum Gasteiger partial charge on any atom is 0.425 e. The van der Waals surface area contributed by atoms with Crippen molar-refractivity contribution < 1.29 is 22.3 Å². The molecule has 3 rings (SSSR count). The Labute approximate surface area is 137 Å². The molecule has 0 bridgehead atoms. The molecule has 2 aromatic rings. The molecule has 0 N–H and O–H groups in total. The largest absolute Gasteiger partial charge is 0.481 e. The molecule has 1 aliphatic carbocycles. The summed E-state index contributed by atoms with van der Waals surface area (Å²) in [7, 11) is 0. The van der Waals surface area contributed by atoms with Crippen LogP contribution in [0.1, 0.15) is 36.8 Å². The normalized spacial score (nSPS) is 16.1. The number of pyridine rings is 1. The van der Waals surface area contributed by atoms with Gasteiger partial charge in [-0.15, -0.1) is 0 Å². The van der Waals surface area contributed by atoms with Gasteiger partial charge >= 0.3 is 6.18 Å². The smallest absolute Gasteiger partial charge is 0.425 e. The van der Waals surface area contributed by atoms with Gasteiger partial charge in [0.1, 0.15) is 11.6 Å². The summed E-state index contributed by atoms with van der Waals surface area (Å²) >= 11 is 0. The number of alkyl halides is 3. The highest BCUT2D eigenvalue weighted by Crippen LogP contribution is 2.40. The molecule has 1 atom stereocenters. The fourth-order valence-corrected chi connectivity index (χ4v) is 2.46. The summed E-state index contributed by atoms with van der Waals surface area (Å²) in [5, 5.41) is 0. The minimum absolute atomic E-state index is 0.00398. The lowest BCUT2D eigenvalue weighted by Crippen LogP contribution is -2.31. The first-order chi connectivity index (χ1) is 11.3. The Morgan fingerprint density at radius 2 is 1.92 bits per heavy atom. The molecule has 0 aliphatic heterocycles. The highest BCUT2D eigenvalue weighted by Gasteiger charge is 2.38. The molecule has 6 heteroatoms. The first kappa shape index (κ1) is 16.7. The summed E-state index contributed by atoms with van der Waals surface area (Å²) in [5.74, 6) is -0.00331. The molecule has 0 unspecified atom stereocenters. The van der Waals surface area contributed by atoms with E-state index in [4.69, 9.17) is 4.74 Å². The summed E-state index contributed by atoms with van der Waals surface area (Å²) in [4.78, 5) is 4.25. The Balaban J connectivity index is 1.91. The van der Waals surface area contributed by atoms with Crippen molar-refractivity contribution in [1.29, 1.82) is 0 Å². The fourth-order valence-electron chi connectivity index (χ4n) is 2.46. The van der Waals surface area contributed by atoms with E-state index in [2.05, 4.69) is 4.98 Å². The third-order valence-electron chi connectivity index (χ3n) is 4.14. The Morgan fingerprint density at radius 3 is 2.46 bits per heavy atom. The van der Waals surface area contributed by atoms with Crippen molar-refractivity contribution >= 4 is 0 Å². The Bertz CT molecular complexity index is 736. The number of aromatic nitrogens is 1. The van der Waals surface area contributed by atoms with Gasteiger partial charge in [0.25, 0.3) is 0 Å². The summed E-state index contributed by atoms with van der Waals surface area (Å²) in [6.45, 7) is 2.43. The monoisotopic (exact) mass is 339 g/mol. The lowest BCUT2D eigenvalue weighted by Gasteiger charge is -2.19. The minimum atomic E-state index is -4.48. The Hall–Kier alpha value is -2.11. The van der Waals surface area contributed by atoms with Gasteiger partial charge in [-0.05, 0) is 61.9 Å². The van der Waals surface area contributed by atoms with Crippen molar-refractivity contribution in [2.24, 2.45) is 0 Å². The van der Waals surface area contributed by atoms with E-state index in [1.165, 1.54) is 19.1 Å². The van der Waals surface area contributed by atoms with E-state index in [1.807, 2.05) is 6.07 Å². The molecule has 128 valence electrons. The second kappa shape index (κ2) is 6.07. The quantitative estimate of drug-likeness (QED) is 0.696. The second-order valence-electron chi connectivity index (χ2n) is 6.15. The summed E-state index contributed by atoms with van der Waals surface area (Å²) in [5.41, 5.74) is 1.92. The average molecular weight is 339 g/mol. The zero-order chi connectivity index (χ0) is 17.5. The molecule has 1 aromatic heterocycles. The van der Waals surface area contributed by atoms with Gasteiger partial charge in [0, 0.05) is 11.8 Å². The molecule has 24 heavy (non-hydrogen) atoms. The van der Waals surface area contributed by atoms with Crippen molar-refractivity contribution in [3.63, 3.8) is 0 Å². The third-order valence-corrected chi connectivity index (χ3v) is 4.14. The molecule has 1 fully saturated rings. The maximum atomic E-state index is 14.2. The summed E-state index contributed by atoms with van der Waals surface area (Å²) < 4.78 is 57.3. The van der Waals surface area contributed by atoms with Crippen LogP contribution >= 0.6 is 0 Å². The van der Waals surface area contributed by atoms with Gasteiger partial charge in [0.05, 0.1) is 5.69 Å². The van der Waals surface area contributed by atoms with Crippen LogP contribution in [0.25, 0.3) is 11.3 Å². The summed E-state index contributed by atoms with van der Waals surface area (Å²) in [6, 6.07) is 6.03. The van der Waals surface area contributed by atoms with E-state index in [-0.39, 0.29) is 11.3 Å². The lowest BCUT2D eigenvalue weighted by atomic mass is 10.1. The number of halogens is 4. The molecule has 1 saturated carbocycles. The lowest BCUT2D eigenvalue weighted by molar-refractivity contribution is -0.189. The van der Waals surface area contributed by atoms with E-state index < -0.39 is 18.1 Å². The van der Waals surface area contributed by atoms with E-state index in [0.29, 0.717) is 17.2 Å². The van der Waals surface area contributed by atoms with Crippen molar-refractivity contribution in [2.75, 3.05) is 0 Å². The van der Waals surface area contributed by atoms with Gasteiger partial charge in [-0.25, -0.2) is 4.39 Å². The Morgan fingerprint density at radius 1 is 1.21 bits per heavy atom. The molecule has 1 aliphatic rings. The van der Waals surface area contributed by atoms with Gasteiger partial charge in [-0.3, -0.25) is 4.98 Å². The van der Waals surface area contributed by atoms with Gasteiger partial charge in [-0.2, -0.15) is 13.2 Å². The number of ether oxygens (including phenoxy) is 1. The zero-order valence-electron chi connectivity index (χ0n) is 13.3. The molecule has 0 radical (unpaired) electrons. The molecule has 0 spiro atoms. The highest BCUT2D eigenvalue weighted by atomic mass is 19.4. The van der Waals surface area contributed by atoms with Crippen LogP contribution in [0.2, 0.25) is 0 Å². The Kier molecular flexibility index (Phi) is 4.24. The van der Waals surface area contributed by atoms with Crippen molar-refractivity contribution in [2.45, 2.75) is 44.9 Å². The fraction of sp³-hybridized carbons (Fsp3) is 0.389. The van der Waals surface area contributed by atoms with Crippen molar-refractivity contribution in [3.8, 4) is 17.0 Å². The SMILES string of the molecule is Cc1cc(F)c(-c2ccc(C3CC3)cn2)cc1O[C@@H](C)C(F)(F)F. The minimum Gasteiger partial charge on any atom is -0.481 e. The van der Waals surface area contributed by atoms with Gasteiger partial charge in [0.2, 0.25) is 0 Å². The van der Waals surface area contributed by atoms with Gasteiger partial charge < -0.3 is 4.74 Å². The van der Waals surface area contributed by atoms with E-state index in [1.54, 1.807) is 12.3 Å². The predicted octanol–water partition coefficient (Wildman–Crippen LogP) is 5.40. The van der Waals surface area contributed by atoms with E-state index in [9.17, 15) is 17.6 Å². The van der Waals surface area contributed by atoms with E-state index >= 15 is 0 Å². The van der Waals surface area contributed by atoms with Crippen LogP contribution in [0.15, 0.2) is 30.5 Å². The molecule has 0 saturated heterocycles. The van der Waals surface area contributed by atoms with Crippen molar-refractivity contribution in [1.82, 2.24) is 4.98 Å². The van der Waals surface area contributed by atoms with Crippen LogP contribution in [-0.4, -0.2) is 17.3 Å². The highest BCUT2D eigenvalue weighted by molar-refractivity contribution is 5.63. The number of nitrogens with zero attached hydrogens (tertiary/aromatic N) is 1. The molecular formula is C18H17F4NO. The second-order valence-corrected chi connectivity index (χ2v) is 6.15.